The largest absolute Gasteiger partial charge is 0.423 e. The number of halogens is 2. The molecule has 0 bridgehead atoms. The summed E-state index contributed by atoms with van der Waals surface area (Å²) in [6.07, 6.45) is 1.12. The van der Waals surface area contributed by atoms with E-state index in [1.807, 2.05) is 0 Å². The van der Waals surface area contributed by atoms with Crippen LogP contribution in [0.4, 0.5) is 4.39 Å². The summed E-state index contributed by atoms with van der Waals surface area (Å²) in [6.45, 7) is 0. The smallest absolute Gasteiger partial charge is 0.251 e. The van der Waals surface area contributed by atoms with Gasteiger partial charge in [-0.1, -0.05) is 17.7 Å². The zero-order valence-corrected chi connectivity index (χ0v) is 7.12. The van der Waals surface area contributed by atoms with Crippen molar-refractivity contribution in [2.75, 3.05) is 0 Å². The molecule has 0 saturated carbocycles. The summed E-state index contributed by atoms with van der Waals surface area (Å²) in [4.78, 5) is 0. The van der Waals surface area contributed by atoms with E-state index in [2.05, 4.69) is 10.2 Å². The highest BCUT2D eigenvalue weighted by atomic mass is 35.5. The van der Waals surface area contributed by atoms with Gasteiger partial charge >= 0.3 is 0 Å². The van der Waals surface area contributed by atoms with Gasteiger partial charge in [-0.25, -0.2) is 4.39 Å². The van der Waals surface area contributed by atoms with E-state index < -0.39 is 5.82 Å². The van der Waals surface area contributed by atoms with E-state index in [0.717, 1.165) is 6.39 Å². The molecule has 2 aromatic rings. The molecule has 0 fully saturated rings. The molecule has 0 aliphatic rings. The molecule has 0 N–H and O–H groups in total. The first-order chi connectivity index (χ1) is 6.29. The zero-order valence-electron chi connectivity index (χ0n) is 6.37. The van der Waals surface area contributed by atoms with Crippen LogP contribution in [0.25, 0.3) is 11.5 Å². The molecule has 2 rings (SSSR count). The minimum absolute atomic E-state index is 0.0862. The van der Waals surface area contributed by atoms with Gasteiger partial charge < -0.3 is 4.42 Å². The Balaban J connectivity index is 2.64. The van der Waals surface area contributed by atoms with Crippen molar-refractivity contribution in [3.63, 3.8) is 0 Å². The molecule has 0 spiro atoms. The normalized spacial score (nSPS) is 10.3. The van der Waals surface area contributed by atoms with Gasteiger partial charge in [0.25, 0.3) is 5.89 Å². The lowest BCUT2D eigenvalue weighted by molar-refractivity contribution is 0.558. The van der Waals surface area contributed by atoms with Crippen molar-refractivity contribution in [3.05, 3.63) is 35.4 Å². The minimum atomic E-state index is -0.475. The van der Waals surface area contributed by atoms with Gasteiger partial charge in [0.2, 0.25) is 6.39 Å². The number of hydrogen-bond acceptors (Lipinski definition) is 3. The van der Waals surface area contributed by atoms with Crippen LogP contribution in [0.5, 0.6) is 0 Å². The third-order valence-corrected chi connectivity index (χ3v) is 1.85. The van der Waals surface area contributed by atoms with Crippen LogP contribution < -0.4 is 0 Å². The molecule has 0 saturated heterocycles. The lowest BCUT2D eigenvalue weighted by Gasteiger charge is -1.98. The Morgan fingerprint density at radius 1 is 1.38 bits per heavy atom. The number of nitrogens with zero attached hydrogens (tertiary/aromatic N) is 2. The first kappa shape index (κ1) is 8.19. The second-order valence-corrected chi connectivity index (χ2v) is 2.75. The molecule has 13 heavy (non-hydrogen) atoms. The van der Waals surface area contributed by atoms with Crippen LogP contribution in [0.2, 0.25) is 5.02 Å². The first-order valence-electron chi connectivity index (χ1n) is 3.49. The van der Waals surface area contributed by atoms with Gasteiger partial charge in [0, 0.05) is 0 Å². The van der Waals surface area contributed by atoms with Crippen molar-refractivity contribution in [3.8, 4) is 11.5 Å². The topological polar surface area (TPSA) is 38.9 Å². The lowest BCUT2D eigenvalue weighted by atomic mass is 10.2. The number of hydrogen-bond donors (Lipinski definition) is 0. The highest BCUT2D eigenvalue weighted by molar-refractivity contribution is 6.33. The van der Waals surface area contributed by atoms with E-state index in [1.54, 1.807) is 6.07 Å². The number of benzene rings is 1. The van der Waals surface area contributed by atoms with E-state index in [-0.39, 0.29) is 16.5 Å². The fourth-order valence-corrected chi connectivity index (χ4v) is 1.23. The molecule has 1 aromatic heterocycles. The standard InChI is InChI=1S/C8H4ClFN2O/c9-5-2-1-3-6(10)7(5)8-12-11-4-13-8/h1-4H. The van der Waals surface area contributed by atoms with Crippen LogP contribution in [0.1, 0.15) is 0 Å². The van der Waals surface area contributed by atoms with E-state index in [4.69, 9.17) is 16.0 Å². The molecular formula is C8H4ClFN2O. The maximum atomic E-state index is 13.2. The van der Waals surface area contributed by atoms with Gasteiger partial charge in [-0.2, -0.15) is 0 Å². The maximum absolute atomic E-state index is 13.2. The Morgan fingerprint density at radius 3 is 2.85 bits per heavy atom. The molecule has 0 aliphatic heterocycles. The second kappa shape index (κ2) is 3.14. The summed E-state index contributed by atoms with van der Waals surface area (Å²) in [5.41, 5.74) is 0.140. The van der Waals surface area contributed by atoms with Gasteiger partial charge in [-0.3, -0.25) is 0 Å². The van der Waals surface area contributed by atoms with Crippen LogP contribution in [-0.4, -0.2) is 10.2 Å². The lowest BCUT2D eigenvalue weighted by Crippen LogP contribution is -1.85. The molecule has 3 nitrogen and oxygen atoms in total. The van der Waals surface area contributed by atoms with Gasteiger partial charge in [0.1, 0.15) is 5.82 Å². The Kier molecular flexibility index (Phi) is 1.98. The summed E-state index contributed by atoms with van der Waals surface area (Å²) < 4.78 is 18.0. The highest BCUT2D eigenvalue weighted by Crippen LogP contribution is 2.28. The van der Waals surface area contributed by atoms with Gasteiger partial charge in [-0.15, -0.1) is 10.2 Å². The fraction of sp³-hybridized carbons (Fsp3) is 0. The summed E-state index contributed by atoms with van der Waals surface area (Å²) >= 11 is 5.75. The van der Waals surface area contributed by atoms with Crippen LogP contribution in [0.3, 0.4) is 0 Å². The van der Waals surface area contributed by atoms with E-state index in [9.17, 15) is 4.39 Å². The van der Waals surface area contributed by atoms with E-state index in [0.29, 0.717) is 0 Å². The molecule has 0 aliphatic carbocycles. The predicted octanol–water partition coefficient (Wildman–Crippen LogP) is 2.53. The van der Waals surface area contributed by atoms with Gasteiger partial charge in [0.15, 0.2) is 0 Å². The minimum Gasteiger partial charge on any atom is -0.423 e. The summed E-state index contributed by atoms with van der Waals surface area (Å²) in [6, 6.07) is 4.35. The molecule has 0 unspecified atom stereocenters. The first-order valence-corrected chi connectivity index (χ1v) is 3.87. The number of rotatable bonds is 1. The van der Waals surface area contributed by atoms with Crippen LogP contribution in [-0.2, 0) is 0 Å². The van der Waals surface area contributed by atoms with E-state index in [1.165, 1.54) is 12.1 Å². The van der Waals surface area contributed by atoms with Crippen molar-refractivity contribution in [1.29, 1.82) is 0 Å². The Bertz CT molecular complexity index is 396. The SMILES string of the molecule is Fc1cccc(Cl)c1-c1nnco1. The van der Waals surface area contributed by atoms with E-state index >= 15 is 0 Å². The van der Waals surface area contributed by atoms with Crippen molar-refractivity contribution >= 4 is 11.6 Å². The number of aromatic nitrogens is 2. The molecule has 0 radical (unpaired) electrons. The van der Waals surface area contributed by atoms with Gasteiger partial charge in [-0.05, 0) is 12.1 Å². The van der Waals surface area contributed by atoms with Crippen LogP contribution in [0.15, 0.2) is 29.0 Å². The molecule has 0 amide bonds. The van der Waals surface area contributed by atoms with Gasteiger partial charge in [0.05, 0.1) is 10.6 Å². The van der Waals surface area contributed by atoms with Crippen molar-refractivity contribution in [1.82, 2.24) is 10.2 Å². The highest BCUT2D eigenvalue weighted by Gasteiger charge is 2.13. The molecule has 5 heteroatoms. The summed E-state index contributed by atoms with van der Waals surface area (Å²) in [5.74, 6) is -0.389. The average molecular weight is 199 g/mol. The van der Waals surface area contributed by atoms with Crippen molar-refractivity contribution in [2.24, 2.45) is 0 Å². The molecule has 66 valence electrons. The monoisotopic (exact) mass is 198 g/mol. The fourth-order valence-electron chi connectivity index (χ4n) is 0.984. The summed E-state index contributed by atoms with van der Waals surface area (Å²) in [7, 11) is 0. The second-order valence-electron chi connectivity index (χ2n) is 2.34. The third kappa shape index (κ3) is 1.40. The Labute approximate surface area is 78.2 Å². The van der Waals surface area contributed by atoms with Crippen LogP contribution in [0, 0.1) is 5.82 Å². The van der Waals surface area contributed by atoms with Crippen molar-refractivity contribution < 1.29 is 8.81 Å². The summed E-state index contributed by atoms with van der Waals surface area (Å²) in [5, 5.41) is 7.26. The quantitative estimate of drug-likeness (QED) is 0.707. The average Bonchev–Trinajstić information content (AvgIpc) is 2.57. The third-order valence-electron chi connectivity index (χ3n) is 1.54. The predicted molar refractivity (Wildman–Crippen MR) is 44.7 cm³/mol. The molecule has 0 atom stereocenters. The Morgan fingerprint density at radius 2 is 2.23 bits per heavy atom. The zero-order chi connectivity index (χ0) is 9.26. The maximum Gasteiger partial charge on any atom is 0.251 e. The molecule has 1 aromatic carbocycles. The molecule has 1 heterocycles. The Hall–Kier alpha value is -1.42. The van der Waals surface area contributed by atoms with Crippen molar-refractivity contribution in [2.45, 2.75) is 0 Å². The molecular weight excluding hydrogens is 195 g/mol. The van der Waals surface area contributed by atoms with Crippen LogP contribution >= 0.6 is 11.6 Å².